The van der Waals surface area contributed by atoms with Crippen LogP contribution in [0.4, 0.5) is 0 Å². The van der Waals surface area contributed by atoms with Crippen LogP contribution in [0.2, 0.25) is 0 Å². The molecule has 2 rings (SSSR count). The zero-order valence-electron chi connectivity index (χ0n) is 13.1. The van der Waals surface area contributed by atoms with Gasteiger partial charge in [0.25, 0.3) is 5.91 Å². The second-order valence-corrected chi connectivity index (χ2v) is 5.56. The summed E-state index contributed by atoms with van der Waals surface area (Å²) < 4.78 is 1.72. The highest BCUT2D eigenvalue weighted by Crippen LogP contribution is 2.11. The molecular formula is C15H24N4O2. The number of nitrogens with one attached hydrogen (secondary N) is 1. The molecule has 21 heavy (non-hydrogen) atoms. The van der Waals surface area contributed by atoms with Gasteiger partial charge in [0, 0.05) is 25.8 Å². The second kappa shape index (κ2) is 6.74. The third kappa shape index (κ3) is 3.62. The number of carbonyl (C=O) groups is 2. The summed E-state index contributed by atoms with van der Waals surface area (Å²) in [5, 5.41) is 7.04. The molecular weight excluding hydrogens is 268 g/mol. The molecule has 0 aromatic carbocycles. The molecule has 2 heterocycles. The van der Waals surface area contributed by atoms with Crippen molar-refractivity contribution in [2.24, 2.45) is 0 Å². The Labute approximate surface area is 125 Å². The lowest BCUT2D eigenvalue weighted by molar-refractivity contribution is -0.133. The summed E-state index contributed by atoms with van der Waals surface area (Å²) in [6.07, 6.45) is 5.01. The van der Waals surface area contributed by atoms with Gasteiger partial charge < -0.3 is 10.2 Å². The molecule has 6 heteroatoms. The minimum atomic E-state index is -0.500. The fourth-order valence-electron chi connectivity index (χ4n) is 2.63. The van der Waals surface area contributed by atoms with Crippen LogP contribution in [0, 0.1) is 6.92 Å². The van der Waals surface area contributed by atoms with E-state index in [0.29, 0.717) is 11.3 Å². The first-order chi connectivity index (χ1) is 10.0. The molecule has 1 N–H and O–H groups in total. The molecule has 1 aromatic rings. The molecule has 0 aliphatic carbocycles. The van der Waals surface area contributed by atoms with Crippen molar-refractivity contribution < 1.29 is 9.59 Å². The van der Waals surface area contributed by atoms with Crippen LogP contribution in [0.1, 0.15) is 49.2 Å². The Hall–Kier alpha value is -1.85. The van der Waals surface area contributed by atoms with Gasteiger partial charge in [0.15, 0.2) is 0 Å². The number of hydrogen-bond donors (Lipinski definition) is 1. The molecule has 0 saturated carbocycles. The van der Waals surface area contributed by atoms with Gasteiger partial charge in [-0.05, 0) is 40.0 Å². The van der Waals surface area contributed by atoms with Gasteiger partial charge in [0.2, 0.25) is 5.91 Å². The quantitative estimate of drug-likeness (QED) is 0.910. The monoisotopic (exact) mass is 292 g/mol. The normalized spacial score (nSPS) is 16.6. The number of aromatic nitrogens is 2. The van der Waals surface area contributed by atoms with Gasteiger partial charge in [0.1, 0.15) is 6.04 Å². The maximum Gasteiger partial charge on any atom is 0.255 e. The van der Waals surface area contributed by atoms with E-state index < -0.39 is 6.04 Å². The molecule has 1 aromatic heterocycles. The van der Waals surface area contributed by atoms with Crippen LogP contribution in [-0.4, -0.2) is 45.6 Å². The van der Waals surface area contributed by atoms with E-state index in [1.54, 1.807) is 24.7 Å². The van der Waals surface area contributed by atoms with Crippen molar-refractivity contribution in [1.82, 2.24) is 20.0 Å². The van der Waals surface area contributed by atoms with Crippen LogP contribution < -0.4 is 5.32 Å². The lowest BCUT2D eigenvalue weighted by Crippen LogP contribution is -2.48. The molecule has 1 fully saturated rings. The van der Waals surface area contributed by atoms with Crippen LogP contribution in [0.25, 0.3) is 0 Å². The highest BCUT2D eigenvalue weighted by molar-refractivity contribution is 5.98. The van der Waals surface area contributed by atoms with E-state index in [4.69, 9.17) is 0 Å². The number of hydrogen-bond acceptors (Lipinski definition) is 3. The fourth-order valence-corrected chi connectivity index (χ4v) is 2.63. The van der Waals surface area contributed by atoms with Gasteiger partial charge in [0.05, 0.1) is 11.3 Å². The first-order valence-electron chi connectivity index (χ1n) is 7.66. The summed E-state index contributed by atoms with van der Waals surface area (Å²) >= 11 is 0. The van der Waals surface area contributed by atoms with E-state index in [2.05, 4.69) is 10.4 Å². The maximum absolute atomic E-state index is 12.3. The van der Waals surface area contributed by atoms with Crippen LogP contribution in [0.3, 0.4) is 0 Å². The predicted molar refractivity (Wildman–Crippen MR) is 80.0 cm³/mol. The highest BCUT2D eigenvalue weighted by Gasteiger charge is 2.24. The first kappa shape index (κ1) is 15.5. The van der Waals surface area contributed by atoms with Gasteiger partial charge >= 0.3 is 0 Å². The van der Waals surface area contributed by atoms with E-state index in [1.807, 2.05) is 11.8 Å². The molecule has 0 bridgehead atoms. The number of likely N-dealkylation sites (tertiary alicyclic amines) is 1. The Morgan fingerprint density at radius 3 is 2.57 bits per heavy atom. The van der Waals surface area contributed by atoms with E-state index in [0.717, 1.165) is 32.5 Å². The lowest BCUT2D eigenvalue weighted by atomic mass is 10.1. The van der Waals surface area contributed by atoms with Crippen molar-refractivity contribution in [2.45, 2.75) is 52.6 Å². The molecule has 1 atom stereocenters. The lowest BCUT2D eigenvalue weighted by Gasteiger charge is -2.29. The molecule has 6 nitrogen and oxygen atoms in total. The molecule has 1 unspecified atom stereocenters. The largest absolute Gasteiger partial charge is 0.341 e. The summed E-state index contributed by atoms with van der Waals surface area (Å²) in [6.45, 7) is 7.83. The number of nitrogens with zero attached hydrogens (tertiary/aromatic N) is 3. The third-order valence-corrected chi connectivity index (χ3v) is 3.90. The smallest absolute Gasteiger partial charge is 0.255 e. The SMILES string of the molecule is CCn1cc(C(=O)NC(C)C(=O)N2CCCCC2)c(C)n1. The van der Waals surface area contributed by atoms with Crippen LogP contribution in [-0.2, 0) is 11.3 Å². The van der Waals surface area contributed by atoms with E-state index in [9.17, 15) is 9.59 Å². The minimum Gasteiger partial charge on any atom is -0.341 e. The number of amides is 2. The molecule has 1 saturated heterocycles. The van der Waals surface area contributed by atoms with Gasteiger partial charge in [-0.25, -0.2) is 0 Å². The third-order valence-electron chi connectivity index (χ3n) is 3.90. The zero-order chi connectivity index (χ0) is 15.4. The van der Waals surface area contributed by atoms with Gasteiger partial charge in [-0.2, -0.15) is 5.10 Å². The second-order valence-electron chi connectivity index (χ2n) is 5.56. The molecule has 1 aliphatic heterocycles. The Bertz CT molecular complexity index is 518. The average Bonchev–Trinajstić information content (AvgIpc) is 2.88. The number of aryl methyl sites for hydroxylation is 2. The number of piperidine rings is 1. The van der Waals surface area contributed by atoms with Crippen molar-refractivity contribution >= 4 is 11.8 Å². The predicted octanol–water partition coefficient (Wildman–Crippen LogP) is 1.34. The summed E-state index contributed by atoms with van der Waals surface area (Å²) in [6, 6.07) is -0.500. The summed E-state index contributed by atoms with van der Waals surface area (Å²) in [4.78, 5) is 26.4. The van der Waals surface area contributed by atoms with Crippen molar-refractivity contribution in [3.8, 4) is 0 Å². The summed E-state index contributed by atoms with van der Waals surface area (Å²) in [7, 11) is 0. The zero-order valence-corrected chi connectivity index (χ0v) is 13.1. The van der Waals surface area contributed by atoms with Crippen LogP contribution >= 0.6 is 0 Å². The van der Waals surface area contributed by atoms with Gasteiger partial charge in [-0.3, -0.25) is 14.3 Å². The Morgan fingerprint density at radius 1 is 1.33 bits per heavy atom. The molecule has 2 amide bonds. The van der Waals surface area contributed by atoms with Crippen molar-refractivity contribution in [3.63, 3.8) is 0 Å². The Kier molecular flexibility index (Phi) is 4.98. The van der Waals surface area contributed by atoms with E-state index >= 15 is 0 Å². The Balaban J connectivity index is 1.97. The highest BCUT2D eigenvalue weighted by atomic mass is 16.2. The van der Waals surface area contributed by atoms with Crippen molar-refractivity contribution in [3.05, 3.63) is 17.5 Å². The molecule has 0 spiro atoms. The van der Waals surface area contributed by atoms with E-state index in [1.165, 1.54) is 6.42 Å². The Morgan fingerprint density at radius 2 is 2.00 bits per heavy atom. The fraction of sp³-hybridized carbons (Fsp3) is 0.667. The molecule has 1 aliphatic rings. The van der Waals surface area contributed by atoms with Crippen LogP contribution in [0.5, 0.6) is 0 Å². The van der Waals surface area contributed by atoms with Crippen molar-refractivity contribution in [1.29, 1.82) is 0 Å². The number of carbonyl (C=O) groups excluding carboxylic acids is 2. The average molecular weight is 292 g/mol. The number of rotatable bonds is 4. The maximum atomic E-state index is 12.3. The van der Waals surface area contributed by atoms with Gasteiger partial charge in [-0.15, -0.1) is 0 Å². The minimum absolute atomic E-state index is 0.00332. The topological polar surface area (TPSA) is 67.2 Å². The summed E-state index contributed by atoms with van der Waals surface area (Å²) in [5.74, 6) is -0.228. The first-order valence-corrected chi connectivity index (χ1v) is 7.66. The van der Waals surface area contributed by atoms with Crippen molar-refractivity contribution in [2.75, 3.05) is 13.1 Å². The van der Waals surface area contributed by atoms with E-state index in [-0.39, 0.29) is 11.8 Å². The standard InChI is InChI=1S/C15H24N4O2/c1-4-19-10-13(11(2)17-19)14(20)16-12(3)15(21)18-8-6-5-7-9-18/h10,12H,4-9H2,1-3H3,(H,16,20). The molecule has 0 radical (unpaired) electrons. The summed E-state index contributed by atoms with van der Waals surface area (Å²) in [5.41, 5.74) is 1.22. The van der Waals surface area contributed by atoms with Gasteiger partial charge in [-0.1, -0.05) is 0 Å². The molecule has 116 valence electrons. The van der Waals surface area contributed by atoms with Crippen LogP contribution in [0.15, 0.2) is 6.20 Å².